The molecule has 0 aliphatic rings. The first-order chi connectivity index (χ1) is 19.0. The summed E-state index contributed by atoms with van der Waals surface area (Å²) < 4.78 is 28.7. The molecule has 0 aliphatic heterocycles. The second kappa shape index (κ2) is 14.2. The van der Waals surface area contributed by atoms with Crippen molar-refractivity contribution in [2.24, 2.45) is 0 Å². The van der Waals surface area contributed by atoms with Crippen molar-refractivity contribution < 1.29 is 18.0 Å². The number of benzene rings is 3. The number of anilines is 1. The van der Waals surface area contributed by atoms with Crippen molar-refractivity contribution in [3.63, 3.8) is 0 Å². The van der Waals surface area contributed by atoms with Crippen LogP contribution in [0.2, 0.25) is 15.1 Å². The van der Waals surface area contributed by atoms with E-state index in [1.54, 1.807) is 49.4 Å². The quantitative estimate of drug-likeness (QED) is 0.247. The largest absolute Gasteiger partial charge is 0.352 e. The van der Waals surface area contributed by atoms with E-state index in [2.05, 4.69) is 5.32 Å². The minimum absolute atomic E-state index is 0.00147. The van der Waals surface area contributed by atoms with Gasteiger partial charge in [-0.05, 0) is 61.7 Å². The molecular weight excluding hydrogens is 593 g/mol. The van der Waals surface area contributed by atoms with Gasteiger partial charge in [-0.2, -0.15) is 0 Å². The molecule has 0 unspecified atom stereocenters. The first kappa shape index (κ1) is 31.7. The Balaban J connectivity index is 2.09. The number of halogens is 3. The topological polar surface area (TPSA) is 86.8 Å². The molecule has 2 atom stereocenters. The molecule has 0 saturated heterocycles. The number of nitrogens with zero attached hydrogens (tertiary/aromatic N) is 2. The summed E-state index contributed by atoms with van der Waals surface area (Å²) in [6.45, 7) is 5.00. The summed E-state index contributed by atoms with van der Waals surface area (Å²) in [5, 5.41) is 3.73. The van der Waals surface area contributed by atoms with Gasteiger partial charge < -0.3 is 10.2 Å². The van der Waals surface area contributed by atoms with Crippen LogP contribution in [0.4, 0.5) is 5.69 Å². The van der Waals surface area contributed by atoms with E-state index < -0.39 is 28.5 Å². The minimum atomic E-state index is -4.24. The number of sulfonamides is 1. The van der Waals surface area contributed by atoms with Crippen LogP contribution in [0.25, 0.3) is 0 Å². The molecule has 1 N–H and O–H groups in total. The van der Waals surface area contributed by atoms with Gasteiger partial charge in [0.1, 0.15) is 12.6 Å². The Bertz CT molecular complexity index is 1440. The van der Waals surface area contributed by atoms with E-state index in [4.69, 9.17) is 34.8 Å². The molecular formula is C29H32Cl3N3O4S. The molecule has 3 aromatic carbocycles. The molecule has 0 bridgehead atoms. The summed E-state index contributed by atoms with van der Waals surface area (Å²) in [5.41, 5.74) is 0.701. The SMILES string of the molecule is CC[C@@H](C)NC(=O)[C@H](CC)N(Cc1ccccc1Cl)C(=O)CN(c1ccc(Cl)cc1Cl)S(=O)(=O)c1ccccc1. The van der Waals surface area contributed by atoms with Crippen molar-refractivity contribution >= 4 is 62.3 Å². The predicted octanol–water partition coefficient (Wildman–Crippen LogP) is 6.56. The normalized spacial score (nSPS) is 12.8. The van der Waals surface area contributed by atoms with E-state index in [-0.39, 0.29) is 34.1 Å². The molecule has 0 spiro atoms. The lowest BCUT2D eigenvalue weighted by Gasteiger charge is -2.34. The van der Waals surface area contributed by atoms with E-state index in [1.165, 1.54) is 35.2 Å². The van der Waals surface area contributed by atoms with Crippen LogP contribution in [0.5, 0.6) is 0 Å². The molecule has 0 heterocycles. The Labute approximate surface area is 251 Å². The predicted molar refractivity (Wildman–Crippen MR) is 161 cm³/mol. The average Bonchev–Trinajstić information content (AvgIpc) is 2.93. The Morgan fingerprint density at radius 1 is 0.875 bits per heavy atom. The first-order valence-corrected chi connectivity index (χ1v) is 15.4. The summed E-state index contributed by atoms with van der Waals surface area (Å²) in [5.74, 6) is -0.934. The number of hydrogen-bond donors (Lipinski definition) is 1. The smallest absolute Gasteiger partial charge is 0.264 e. The number of nitrogens with one attached hydrogen (secondary N) is 1. The van der Waals surface area contributed by atoms with E-state index in [0.29, 0.717) is 28.5 Å². The van der Waals surface area contributed by atoms with Gasteiger partial charge in [-0.25, -0.2) is 8.42 Å². The maximum Gasteiger partial charge on any atom is 0.264 e. The molecule has 0 radical (unpaired) electrons. The molecule has 0 aliphatic carbocycles. The lowest BCUT2D eigenvalue weighted by Crippen LogP contribution is -2.53. The van der Waals surface area contributed by atoms with Crippen LogP contribution in [0, 0.1) is 0 Å². The fraction of sp³-hybridized carbons (Fsp3) is 0.310. The number of amides is 2. The van der Waals surface area contributed by atoms with Crippen LogP contribution in [0.15, 0.2) is 77.7 Å². The fourth-order valence-corrected chi connectivity index (χ4v) is 6.30. The third-order valence-corrected chi connectivity index (χ3v) is 9.15. The molecule has 0 saturated carbocycles. The highest BCUT2D eigenvalue weighted by atomic mass is 35.5. The zero-order valence-corrected chi connectivity index (χ0v) is 25.6. The van der Waals surface area contributed by atoms with Gasteiger partial charge >= 0.3 is 0 Å². The molecule has 11 heteroatoms. The lowest BCUT2D eigenvalue weighted by atomic mass is 10.1. The van der Waals surface area contributed by atoms with E-state index >= 15 is 0 Å². The van der Waals surface area contributed by atoms with Gasteiger partial charge in [-0.15, -0.1) is 0 Å². The molecule has 0 fully saturated rings. The van der Waals surface area contributed by atoms with Gasteiger partial charge in [-0.3, -0.25) is 13.9 Å². The van der Waals surface area contributed by atoms with Gasteiger partial charge in [0.15, 0.2) is 0 Å². The van der Waals surface area contributed by atoms with Gasteiger partial charge in [0, 0.05) is 22.6 Å². The summed E-state index contributed by atoms with van der Waals surface area (Å²) in [6.07, 6.45) is 1.00. The zero-order valence-electron chi connectivity index (χ0n) is 22.5. The molecule has 3 aromatic rings. The van der Waals surface area contributed by atoms with Crippen molar-refractivity contribution in [2.45, 2.75) is 57.1 Å². The molecule has 0 aromatic heterocycles. The van der Waals surface area contributed by atoms with Crippen molar-refractivity contribution in [1.82, 2.24) is 10.2 Å². The number of rotatable bonds is 12. The summed E-state index contributed by atoms with van der Waals surface area (Å²) in [6, 6.07) is 18.1. The highest BCUT2D eigenvalue weighted by Crippen LogP contribution is 2.33. The summed E-state index contributed by atoms with van der Waals surface area (Å²) >= 11 is 18.9. The van der Waals surface area contributed by atoms with Gasteiger partial charge in [0.25, 0.3) is 10.0 Å². The molecule has 7 nitrogen and oxygen atoms in total. The second-order valence-corrected chi connectivity index (χ2v) is 12.4. The summed E-state index contributed by atoms with van der Waals surface area (Å²) in [4.78, 5) is 28.8. The molecule has 214 valence electrons. The van der Waals surface area contributed by atoms with Crippen LogP contribution in [0.1, 0.15) is 39.2 Å². The second-order valence-electron chi connectivity index (χ2n) is 9.28. The Morgan fingerprint density at radius 3 is 2.12 bits per heavy atom. The van der Waals surface area contributed by atoms with Crippen molar-refractivity contribution in [1.29, 1.82) is 0 Å². The van der Waals surface area contributed by atoms with E-state index in [9.17, 15) is 18.0 Å². The van der Waals surface area contributed by atoms with E-state index in [0.717, 1.165) is 4.31 Å². The van der Waals surface area contributed by atoms with Crippen molar-refractivity contribution in [3.8, 4) is 0 Å². The fourth-order valence-electron chi connectivity index (χ4n) is 4.09. The Kier molecular flexibility index (Phi) is 11.3. The standard InChI is InChI=1S/C29H32Cl3N3O4S/c1-4-20(3)33-29(37)26(5-2)34(18-21-11-9-10-14-24(21)31)28(36)19-35(27-16-15-22(30)17-25(27)32)40(38,39)23-12-7-6-8-13-23/h6-17,20,26H,4-5,18-19H2,1-3H3,(H,33,37)/t20-,26+/m1/s1. The number of hydrogen-bond acceptors (Lipinski definition) is 4. The third-order valence-electron chi connectivity index (χ3n) is 6.47. The van der Waals surface area contributed by atoms with Crippen molar-refractivity contribution in [2.75, 3.05) is 10.8 Å². The minimum Gasteiger partial charge on any atom is -0.352 e. The zero-order chi connectivity index (χ0) is 29.4. The van der Waals surface area contributed by atoms with Gasteiger partial charge in [0.2, 0.25) is 11.8 Å². The first-order valence-electron chi connectivity index (χ1n) is 12.9. The Morgan fingerprint density at radius 2 is 1.52 bits per heavy atom. The monoisotopic (exact) mass is 623 g/mol. The van der Waals surface area contributed by atoms with Crippen molar-refractivity contribution in [3.05, 3.63) is 93.4 Å². The number of carbonyl (C=O) groups excluding carboxylic acids is 2. The highest BCUT2D eigenvalue weighted by molar-refractivity contribution is 7.92. The molecule has 40 heavy (non-hydrogen) atoms. The average molecular weight is 625 g/mol. The van der Waals surface area contributed by atoms with Crippen LogP contribution < -0.4 is 9.62 Å². The Hall–Kier alpha value is -2.78. The van der Waals surface area contributed by atoms with Crippen LogP contribution in [-0.4, -0.2) is 43.8 Å². The summed E-state index contributed by atoms with van der Waals surface area (Å²) in [7, 11) is -4.24. The van der Waals surface area contributed by atoms with Crippen LogP contribution >= 0.6 is 34.8 Å². The lowest BCUT2D eigenvalue weighted by molar-refractivity contribution is -0.140. The van der Waals surface area contributed by atoms with Gasteiger partial charge in [0.05, 0.1) is 15.6 Å². The highest BCUT2D eigenvalue weighted by Gasteiger charge is 2.34. The number of carbonyl (C=O) groups is 2. The maximum absolute atomic E-state index is 14.1. The van der Waals surface area contributed by atoms with E-state index in [1.807, 2.05) is 13.8 Å². The van der Waals surface area contributed by atoms with Gasteiger partial charge in [-0.1, -0.05) is 85.0 Å². The molecule has 2 amide bonds. The maximum atomic E-state index is 14.1. The third kappa shape index (κ3) is 7.69. The van der Waals surface area contributed by atoms with Crippen LogP contribution in [0.3, 0.4) is 0 Å². The van der Waals surface area contributed by atoms with Crippen LogP contribution in [-0.2, 0) is 26.2 Å². The molecule has 3 rings (SSSR count).